The molecule has 7 nitrogen and oxygen atoms in total. The molecule has 0 bridgehead atoms. The Morgan fingerprint density at radius 1 is 1.19 bits per heavy atom. The largest absolute Gasteiger partial charge is 0.460 e. The predicted molar refractivity (Wildman–Crippen MR) is 103 cm³/mol. The Balaban J connectivity index is 1.51. The van der Waals surface area contributed by atoms with Gasteiger partial charge in [0.2, 0.25) is 0 Å². The van der Waals surface area contributed by atoms with Crippen molar-refractivity contribution < 1.29 is 9.47 Å². The lowest BCUT2D eigenvalue weighted by molar-refractivity contribution is 0.122. The van der Waals surface area contributed by atoms with Gasteiger partial charge in [0, 0.05) is 31.5 Å². The summed E-state index contributed by atoms with van der Waals surface area (Å²) in [6.45, 7) is 5.20. The summed E-state index contributed by atoms with van der Waals surface area (Å²) in [5, 5.41) is 0. The summed E-state index contributed by atoms with van der Waals surface area (Å²) in [5.74, 6) is 0.904. The van der Waals surface area contributed by atoms with Gasteiger partial charge in [-0.3, -0.25) is 4.98 Å². The van der Waals surface area contributed by atoms with E-state index in [4.69, 9.17) is 20.2 Å². The number of benzene rings is 1. The first kappa shape index (κ1) is 16.5. The smallest absolute Gasteiger partial charge is 0.282 e. The zero-order chi connectivity index (χ0) is 18.4. The van der Waals surface area contributed by atoms with Crippen LogP contribution in [0.2, 0.25) is 0 Å². The van der Waals surface area contributed by atoms with E-state index in [1.165, 1.54) is 11.1 Å². The molecule has 3 heterocycles. The van der Waals surface area contributed by atoms with Crippen molar-refractivity contribution in [2.24, 2.45) is 10.7 Å². The minimum absolute atomic E-state index is 0.0245. The third-order valence-corrected chi connectivity index (χ3v) is 5.87. The number of amidine groups is 1. The highest BCUT2D eigenvalue weighted by Crippen LogP contribution is 2.43. The van der Waals surface area contributed by atoms with Crippen LogP contribution < -0.4 is 10.6 Å². The summed E-state index contributed by atoms with van der Waals surface area (Å²) < 4.78 is 11.1. The van der Waals surface area contributed by atoms with Crippen molar-refractivity contribution in [1.82, 2.24) is 9.97 Å². The molecule has 2 aliphatic heterocycles. The number of rotatable bonds is 2. The molecule has 1 aliphatic carbocycles. The molecule has 5 rings (SSSR count). The number of hydrogen-bond donors (Lipinski definition) is 1. The quantitative estimate of drug-likeness (QED) is 0.869. The van der Waals surface area contributed by atoms with Gasteiger partial charge in [0.1, 0.15) is 17.5 Å². The normalized spacial score (nSPS) is 26.8. The standard InChI is InChI=1S/C20H23N5O2/c1-13-20(24-19(21)27-13)9-14-3-2-4-15(16(14)10-20)17-11-22-12-18(23-17)25-5-7-26-8-6-25/h2-4,11-13H,5-10H2,1H3,(H2,21,24)/t13-,20-/m1/s1. The van der Waals surface area contributed by atoms with E-state index in [1.54, 1.807) is 0 Å². The van der Waals surface area contributed by atoms with Crippen LogP contribution in [0.4, 0.5) is 5.82 Å². The number of morpholine rings is 1. The fourth-order valence-corrected chi connectivity index (χ4v) is 4.37. The molecule has 1 spiro atoms. The molecule has 0 amide bonds. The Morgan fingerprint density at radius 3 is 2.81 bits per heavy atom. The second-order valence-electron chi connectivity index (χ2n) is 7.47. The first-order valence-corrected chi connectivity index (χ1v) is 9.42. The Labute approximate surface area is 158 Å². The third kappa shape index (κ3) is 2.73. The number of anilines is 1. The number of fused-ring (bicyclic) bond motifs is 1. The van der Waals surface area contributed by atoms with Crippen LogP contribution in [-0.4, -0.2) is 53.9 Å². The van der Waals surface area contributed by atoms with E-state index in [2.05, 4.69) is 33.1 Å². The fraction of sp³-hybridized carbons (Fsp3) is 0.450. The first-order chi connectivity index (χ1) is 13.1. The number of nitrogens with two attached hydrogens (primary N) is 1. The summed E-state index contributed by atoms with van der Waals surface area (Å²) >= 11 is 0. The number of hydrogen-bond acceptors (Lipinski definition) is 7. The number of aromatic nitrogens is 2. The summed E-state index contributed by atoms with van der Waals surface area (Å²) in [4.78, 5) is 16.2. The van der Waals surface area contributed by atoms with Crippen LogP contribution >= 0.6 is 0 Å². The Morgan fingerprint density at radius 2 is 2.04 bits per heavy atom. The van der Waals surface area contributed by atoms with Crippen molar-refractivity contribution in [2.75, 3.05) is 31.2 Å². The molecule has 1 fully saturated rings. The molecule has 3 aliphatic rings. The van der Waals surface area contributed by atoms with Crippen molar-refractivity contribution in [3.63, 3.8) is 0 Å². The molecule has 2 atom stereocenters. The fourth-order valence-electron chi connectivity index (χ4n) is 4.37. The van der Waals surface area contributed by atoms with Crippen LogP contribution in [0.25, 0.3) is 11.3 Å². The highest BCUT2D eigenvalue weighted by atomic mass is 16.5. The van der Waals surface area contributed by atoms with Gasteiger partial charge in [-0.25, -0.2) is 9.98 Å². The molecule has 140 valence electrons. The molecule has 1 aromatic heterocycles. The lowest BCUT2D eigenvalue weighted by atomic mass is 9.91. The van der Waals surface area contributed by atoms with Gasteiger partial charge < -0.3 is 20.1 Å². The lowest BCUT2D eigenvalue weighted by Gasteiger charge is -2.27. The molecule has 2 aromatic rings. The summed E-state index contributed by atoms with van der Waals surface area (Å²) in [7, 11) is 0. The summed E-state index contributed by atoms with van der Waals surface area (Å²) in [6, 6.07) is 6.68. The third-order valence-electron chi connectivity index (χ3n) is 5.87. The zero-order valence-corrected chi connectivity index (χ0v) is 15.4. The molecule has 1 aromatic carbocycles. The topological polar surface area (TPSA) is 85.9 Å². The van der Waals surface area contributed by atoms with Gasteiger partial charge in [-0.2, -0.15) is 0 Å². The van der Waals surface area contributed by atoms with Crippen molar-refractivity contribution in [1.29, 1.82) is 0 Å². The Kier molecular flexibility index (Phi) is 3.79. The number of aliphatic imine (C=N–C) groups is 1. The van der Waals surface area contributed by atoms with Gasteiger partial charge in [0.25, 0.3) is 6.02 Å². The van der Waals surface area contributed by atoms with Crippen LogP contribution in [0.15, 0.2) is 35.6 Å². The highest BCUT2D eigenvalue weighted by molar-refractivity contribution is 5.76. The summed E-state index contributed by atoms with van der Waals surface area (Å²) in [5.41, 5.74) is 10.2. The van der Waals surface area contributed by atoms with E-state index in [0.717, 1.165) is 56.2 Å². The van der Waals surface area contributed by atoms with E-state index in [1.807, 2.05) is 19.3 Å². The van der Waals surface area contributed by atoms with Crippen molar-refractivity contribution in [3.05, 3.63) is 41.7 Å². The zero-order valence-electron chi connectivity index (χ0n) is 15.4. The Bertz CT molecular complexity index is 909. The van der Waals surface area contributed by atoms with Gasteiger partial charge >= 0.3 is 0 Å². The SMILES string of the molecule is C[C@H]1OC(N)=N[C@@]12Cc1cccc(-c3cncc(N4CCOCC4)n3)c1C2. The van der Waals surface area contributed by atoms with E-state index < -0.39 is 0 Å². The van der Waals surface area contributed by atoms with Crippen LogP contribution in [0.1, 0.15) is 18.1 Å². The Hall–Kier alpha value is -2.67. The molecular formula is C20H23N5O2. The highest BCUT2D eigenvalue weighted by Gasteiger charge is 2.48. The van der Waals surface area contributed by atoms with E-state index in [9.17, 15) is 0 Å². The van der Waals surface area contributed by atoms with Gasteiger partial charge in [0.05, 0.1) is 31.3 Å². The number of nitrogens with zero attached hydrogens (tertiary/aromatic N) is 4. The average Bonchev–Trinajstić information content (AvgIpc) is 3.20. The molecule has 27 heavy (non-hydrogen) atoms. The van der Waals surface area contributed by atoms with Crippen LogP contribution in [0.3, 0.4) is 0 Å². The van der Waals surface area contributed by atoms with Crippen LogP contribution in [0, 0.1) is 0 Å². The minimum atomic E-state index is -0.294. The molecule has 2 N–H and O–H groups in total. The first-order valence-electron chi connectivity index (χ1n) is 9.42. The van der Waals surface area contributed by atoms with E-state index >= 15 is 0 Å². The maximum atomic E-state index is 5.86. The second-order valence-corrected chi connectivity index (χ2v) is 7.47. The molecular weight excluding hydrogens is 342 g/mol. The van der Waals surface area contributed by atoms with Crippen molar-refractivity contribution in [3.8, 4) is 11.3 Å². The van der Waals surface area contributed by atoms with E-state index in [-0.39, 0.29) is 11.6 Å². The van der Waals surface area contributed by atoms with Crippen molar-refractivity contribution >= 4 is 11.8 Å². The average molecular weight is 365 g/mol. The number of ether oxygens (including phenoxy) is 2. The van der Waals surface area contributed by atoms with Gasteiger partial charge in [-0.15, -0.1) is 0 Å². The molecule has 7 heteroatoms. The lowest BCUT2D eigenvalue weighted by Crippen LogP contribution is -2.37. The predicted octanol–water partition coefficient (Wildman–Crippen LogP) is 1.55. The minimum Gasteiger partial charge on any atom is -0.460 e. The van der Waals surface area contributed by atoms with Gasteiger partial charge in [-0.05, 0) is 18.1 Å². The van der Waals surface area contributed by atoms with E-state index in [0.29, 0.717) is 6.02 Å². The summed E-state index contributed by atoms with van der Waals surface area (Å²) in [6.07, 6.45) is 5.30. The molecule has 0 saturated carbocycles. The van der Waals surface area contributed by atoms with Crippen LogP contribution in [-0.2, 0) is 22.3 Å². The van der Waals surface area contributed by atoms with Crippen molar-refractivity contribution in [2.45, 2.75) is 31.4 Å². The van der Waals surface area contributed by atoms with Gasteiger partial charge in [-0.1, -0.05) is 18.2 Å². The molecule has 0 unspecified atom stereocenters. The maximum absolute atomic E-state index is 5.86. The monoisotopic (exact) mass is 365 g/mol. The van der Waals surface area contributed by atoms with Gasteiger partial charge in [0.15, 0.2) is 0 Å². The second kappa shape index (κ2) is 6.20. The maximum Gasteiger partial charge on any atom is 0.282 e. The molecule has 1 saturated heterocycles. The van der Waals surface area contributed by atoms with Crippen LogP contribution in [0.5, 0.6) is 0 Å². The molecule has 0 radical (unpaired) electrons.